The van der Waals surface area contributed by atoms with Gasteiger partial charge in [0.2, 0.25) is 5.91 Å². The monoisotopic (exact) mass is 211 g/mol. The molecule has 0 saturated heterocycles. The second-order valence-corrected chi connectivity index (χ2v) is 3.03. The molecule has 1 amide bonds. The van der Waals surface area contributed by atoms with Gasteiger partial charge in [-0.05, 0) is 0 Å². The van der Waals surface area contributed by atoms with Gasteiger partial charge >= 0.3 is 0 Å². The zero-order chi connectivity index (χ0) is 10.1. The fourth-order valence-electron chi connectivity index (χ4n) is 1.14. The zero-order valence-corrected chi connectivity index (χ0v) is 7.77. The van der Waals surface area contributed by atoms with Crippen LogP contribution in [0, 0.1) is 0 Å². The van der Waals surface area contributed by atoms with Crippen LogP contribution in [0.5, 0.6) is 0 Å². The van der Waals surface area contributed by atoms with E-state index in [4.69, 9.17) is 17.3 Å². The maximum atomic E-state index is 10.7. The van der Waals surface area contributed by atoms with Crippen LogP contribution >= 0.6 is 11.6 Å². The van der Waals surface area contributed by atoms with Crippen molar-refractivity contribution in [1.29, 1.82) is 0 Å². The van der Waals surface area contributed by atoms with Gasteiger partial charge < -0.3 is 10.3 Å². The van der Waals surface area contributed by atoms with Gasteiger partial charge in [-0.2, -0.15) is 0 Å². The van der Waals surface area contributed by atoms with E-state index in [-0.39, 0.29) is 11.7 Å². The summed E-state index contributed by atoms with van der Waals surface area (Å²) in [6.45, 7) is 0.0316. The van der Waals surface area contributed by atoms with Crippen LogP contribution in [-0.4, -0.2) is 25.4 Å². The standard InChI is InChI=1S/C7H6ClN5O/c8-6-5-7(11-2-10-6)13(3-12-5)1-4(9)14/h2-3H,1H2,(H2,9,14). The molecular weight excluding hydrogens is 206 g/mol. The number of rotatable bonds is 2. The number of halogens is 1. The molecule has 2 aromatic rings. The number of primary amides is 1. The van der Waals surface area contributed by atoms with Crippen molar-refractivity contribution in [1.82, 2.24) is 19.5 Å². The molecule has 0 aromatic carbocycles. The number of aromatic nitrogens is 4. The first-order chi connectivity index (χ1) is 6.68. The van der Waals surface area contributed by atoms with Crippen molar-refractivity contribution >= 4 is 28.7 Å². The third-order valence-corrected chi connectivity index (χ3v) is 1.96. The van der Waals surface area contributed by atoms with E-state index in [0.717, 1.165) is 0 Å². The summed E-state index contributed by atoms with van der Waals surface area (Å²) >= 11 is 5.76. The van der Waals surface area contributed by atoms with E-state index >= 15 is 0 Å². The highest BCUT2D eigenvalue weighted by molar-refractivity contribution is 6.33. The summed E-state index contributed by atoms with van der Waals surface area (Å²) < 4.78 is 1.52. The predicted octanol–water partition coefficient (Wildman–Crippen LogP) is -0.0350. The fraction of sp³-hybridized carbons (Fsp3) is 0.143. The summed E-state index contributed by atoms with van der Waals surface area (Å²) in [6.07, 6.45) is 2.76. The summed E-state index contributed by atoms with van der Waals surface area (Å²) in [5, 5.41) is 0.262. The molecule has 0 atom stereocenters. The lowest BCUT2D eigenvalue weighted by Gasteiger charge is -1.98. The Kier molecular flexibility index (Phi) is 2.05. The summed E-state index contributed by atoms with van der Waals surface area (Å²) in [5.74, 6) is -0.459. The molecule has 72 valence electrons. The van der Waals surface area contributed by atoms with Crippen LogP contribution in [0.2, 0.25) is 5.15 Å². The highest BCUT2D eigenvalue weighted by Crippen LogP contribution is 2.16. The molecule has 0 aliphatic heterocycles. The molecule has 2 heterocycles. The maximum absolute atomic E-state index is 10.7. The molecule has 2 N–H and O–H groups in total. The van der Waals surface area contributed by atoms with E-state index in [9.17, 15) is 4.79 Å². The number of hydrogen-bond donors (Lipinski definition) is 1. The summed E-state index contributed by atoms with van der Waals surface area (Å²) in [7, 11) is 0. The molecule has 0 aliphatic carbocycles. The number of nitrogens with two attached hydrogens (primary N) is 1. The van der Waals surface area contributed by atoms with Crippen molar-refractivity contribution in [3.05, 3.63) is 17.8 Å². The number of imidazole rings is 1. The summed E-state index contributed by atoms with van der Waals surface area (Å²) in [4.78, 5) is 22.4. The number of hydrogen-bond acceptors (Lipinski definition) is 4. The minimum absolute atomic E-state index is 0.0316. The minimum atomic E-state index is -0.459. The highest BCUT2D eigenvalue weighted by atomic mass is 35.5. The fourth-order valence-corrected chi connectivity index (χ4v) is 1.31. The van der Waals surface area contributed by atoms with Crippen LogP contribution in [0.1, 0.15) is 0 Å². The smallest absolute Gasteiger partial charge is 0.237 e. The zero-order valence-electron chi connectivity index (χ0n) is 7.01. The Hall–Kier alpha value is -1.69. The van der Waals surface area contributed by atoms with Crippen LogP contribution in [-0.2, 0) is 11.3 Å². The van der Waals surface area contributed by atoms with Crippen molar-refractivity contribution in [2.75, 3.05) is 0 Å². The van der Waals surface area contributed by atoms with Gasteiger partial charge in [-0.25, -0.2) is 15.0 Å². The van der Waals surface area contributed by atoms with Crippen molar-refractivity contribution in [3.8, 4) is 0 Å². The highest BCUT2D eigenvalue weighted by Gasteiger charge is 2.08. The van der Waals surface area contributed by atoms with Crippen LogP contribution in [0.15, 0.2) is 12.7 Å². The lowest BCUT2D eigenvalue weighted by atomic mass is 10.5. The first-order valence-corrected chi connectivity index (χ1v) is 4.16. The number of amides is 1. The Morgan fingerprint density at radius 2 is 2.29 bits per heavy atom. The first kappa shape index (κ1) is 8.89. The minimum Gasteiger partial charge on any atom is -0.368 e. The Bertz CT molecular complexity index is 494. The number of nitrogens with zero attached hydrogens (tertiary/aromatic N) is 4. The molecule has 0 saturated carbocycles. The van der Waals surface area contributed by atoms with Crippen LogP contribution in [0.25, 0.3) is 11.2 Å². The van der Waals surface area contributed by atoms with Gasteiger partial charge in [-0.15, -0.1) is 0 Å². The molecule has 7 heteroatoms. The Morgan fingerprint density at radius 1 is 1.50 bits per heavy atom. The summed E-state index contributed by atoms with van der Waals surface area (Å²) in [6, 6.07) is 0. The van der Waals surface area contributed by atoms with Gasteiger partial charge in [0.05, 0.1) is 6.33 Å². The van der Waals surface area contributed by atoms with Crippen molar-refractivity contribution in [3.63, 3.8) is 0 Å². The quantitative estimate of drug-likeness (QED) is 0.707. The van der Waals surface area contributed by atoms with Crippen molar-refractivity contribution in [2.45, 2.75) is 6.54 Å². The molecule has 2 aromatic heterocycles. The van der Waals surface area contributed by atoms with E-state index in [1.54, 1.807) is 0 Å². The van der Waals surface area contributed by atoms with E-state index in [1.165, 1.54) is 17.2 Å². The van der Waals surface area contributed by atoms with E-state index < -0.39 is 5.91 Å². The average molecular weight is 212 g/mol. The van der Waals surface area contributed by atoms with Gasteiger partial charge in [-0.3, -0.25) is 4.79 Å². The van der Waals surface area contributed by atoms with Crippen LogP contribution in [0.4, 0.5) is 0 Å². The van der Waals surface area contributed by atoms with Gasteiger partial charge in [-0.1, -0.05) is 11.6 Å². The summed E-state index contributed by atoms with van der Waals surface area (Å²) in [5.41, 5.74) is 6.02. The average Bonchev–Trinajstić information content (AvgIpc) is 2.49. The normalized spacial score (nSPS) is 10.6. The van der Waals surface area contributed by atoms with Crippen LogP contribution in [0.3, 0.4) is 0 Å². The number of fused-ring (bicyclic) bond motifs is 1. The van der Waals surface area contributed by atoms with E-state index in [0.29, 0.717) is 11.2 Å². The second kappa shape index (κ2) is 3.22. The third kappa shape index (κ3) is 1.39. The molecule has 0 aliphatic rings. The molecular formula is C7H6ClN5O. The Morgan fingerprint density at radius 3 is 3.00 bits per heavy atom. The largest absolute Gasteiger partial charge is 0.368 e. The first-order valence-electron chi connectivity index (χ1n) is 3.78. The topological polar surface area (TPSA) is 86.7 Å². The molecule has 2 rings (SSSR count). The maximum Gasteiger partial charge on any atom is 0.237 e. The molecule has 0 bridgehead atoms. The Labute approximate surface area is 83.7 Å². The molecule has 0 radical (unpaired) electrons. The van der Waals surface area contributed by atoms with Crippen molar-refractivity contribution < 1.29 is 4.79 Å². The van der Waals surface area contributed by atoms with E-state index in [1.807, 2.05) is 0 Å². The third-order valence-electron chi connectivity index (χ3n) is 1.68. The number of carbonyl (C=O) groups is 1. The van der Waals surface area contributed by atoms with Crippen molar-refractivity contribution in [2.24, 2.45) is 5.73 Å². The molecule has 14 heavy (non-hydrogen) atoms. The Balaban J connectivity index is 2.58. The predicted molar refractivity (Wildman–Crippen MR) is 49.5 cm³/mol. The van der Waals surface area contributed by atoms with E-state index in [2.05, 4.69) is 15.0 Å². The van der Waals surface area contributed by atoms with Gasteiger partial charge in [0.15, 0.2) is 10.8 Å². The molecule has 0 fully saturated rings. The van der Waals surface area contributed by atoms with Crippen LogP contribution < -0.4 is 5.73 Å². The SMILES string of the molecule is NC(=O)Cn1cnc2c(Cl)ncnc21. The molecule has 0 unspecified atom stereocenters. The lowest BCUT2D eigenvalue weighted by molar-refractivity contribution is -0.118. The van der Waals surface area contributed by atoms with Gasteiger partial charge in [0.25, 0.3) is 0 Å². The number of carbonyl (C=O) groups excluding carboxylic acids is 1. The van der Waals surface area contributed by atoms with Gasteiger partial charge in [0.1, 0.15) is 18.4 Å². The molecule has 6 nitrogen and oxygen atoms in total. The molecule has 0 spiro atoms. The lowest BCUT2D eigenvalue weighted by Crippen LogP contribution is -2.18. The van der Waals surface area contributed by atoms with Gasteiger partial charge in [0, 0.05) is 0 Å². The second-order valence-electron chi connectivity index (χ2n) is 2.68.